The van der Waals surface area contributed by atoms with E-state index in [0.29, 0.717) is 6.47 Å². The first-order valence-electron chi connectivity index (χ1n) is 9.33. The second-order valence-corrected chi connectivity index (χ2v) is 25.3. The van der Waals surface area contributed by atoms with Crippen molar-refractivity contribution in [3.8, 4) is 0 Å². The molecule has 0 heterocycles. The summed E-state index contributed by atoms with van der Waals surface area (Å²) in [5.41, 5.74) is 0. The summed E-state index contributed by atoms with van der Waals surface area (Å²) >= 11 is -4.97. The van der Waals surface area contributed by atoms with Crippen molar-refractivity contribution in [3.63, 3.8) is 0 Å². The minimum atomic E-state index is -3.14. The van der Waals surface area contributed by atoms with Crippen LogP contribution in [0.25, 0.3) is 0 Å². The van der Waals surface area contributed by atoms with Crippen LogP contribution in [0.2, 0.25) is 17.7 Å². The Hall–Kier alpha value is 1.03. The number of hydrogen-bond donors (Lipinski definition) is 0. The van der Waals surface area contributed by atoms with Gasteiger partial charge in [-0.15, -0.1) is 0 Å². The molecule has 0 unspecified atom stereocenters. The van der Waals surface area contributed by atoms with E-state index in [-0.39, 0.29) is 0 Å². The molecule has 1 radical (unpaired) electrons. The summed E-state index contributed by atoms with van der Waals surface area (Å²) in [6.07, 6.45) is 9.74. The van der Waals surface area contributed by atoms with Crippen LogP contribution in [0, 0.1) is 0 Å². The van der Waals surface area contributed by atoms with E-state index in [0.717, 1.165) is 21.7 Å². The topological polar surface area (TPSA) is 35.5 Å². The molecule has 0 rings (SSSR count). The van der Waals surface area contributed by atoms with Crippen LogP contribution in [-0.4, -0.2) is 45.9 Å². The van der Waals surface area contributed by atoms with E-state index in [1.165, 1.54) is 47.4 Å². The summed E-state index contributed by atoms with van der Waals surface area (Å²) in [5.74, 6) is 0. The van der Waals surface area contributed by atoms with Gasteiger partial charge in [-0.05, 0) is 0 Å². The van der Waals surface area contributed by atoms with Crippen molar-refractivity contribution in [2.45, 2.75) is 96.8 Å². The van der Waals surface area contributed by atoms with E-state index in [4.69, 9.17) is 4.49 Å². The Morgan fingerprint density at radius 2 is 1.27 bits per heavy atom. The average molecular weight is 527 g/mol. The van der Waals surface area contributed by atoms with Gasteiger partial charge in [0.05, 0.1) is 0 Å². The van der Waals surface area contributed by atoms with Crippen LogP contribution >= 0.6 is 0 Å². The number of carbonyl (C=O) groups excluding carboxylic acids is 1. The van der Waals surface area contributed by atoms with Crippen LogP contribution in [0.15, 0.2) is 0 Å². The first-order chi connectivity index (χ1) is 10.7. The zero-order chi connectivity index (χ0) is 16.7. The molecule has 0 aliphatic rings. The molecule has 22 heavy (non-hydrogen) atoms. The fourth-order valence-electron chi connectivity index (χ4n) is 2.59. The predicted octanol–water partition coefficient (Wildman–Crippen LogP) is 5.81. The van der Waals surface area contributed by atoms with Gasteiger partial charge in [0.15, 0.2) is 0 Å². The van der Waals surface area contributed by atoms with Gasteiger partial charge >= 0.3 is 152 Å². The molecule has 0 aromatic heterocycles. The van der Waals surface area contributed by atoms with Gasteiger partial charge in [0.2, 0.25) is 0 Å². The van der Waals surface area contributed by atoms with E-state index in [2.05, 4.69) is 27.7 Å². The third kappa shape index (κ3) is 10.7. The van der Waals surface area contributed by atoms with Gasteiger partial charge in [-0.3, -0.25) is 0 Å². The van der Waals surface area contributed by atoms with Crippen LogP contribution in [0.3, 0.4) is 0 Å². The van der Waals surface area contributed by atoms with Crippen molar-refractivity contribution in [1.29, 1.82) is 0 Å². The van der Waals surface area contributed by atoms with Crippen LogP contribution < -0.4 is 0 Å². The number of hydrogen-bond acceptors (Lipinski definition) is 3. The van der Waals surface area contributed by atoms with Crippen LogP contribution in [0.5, 0.6) is 0 Å². The van der Waals surface area contributed by atoms with Crippen molar-refractivity contribution in [2.75, 3.05) is 0 Å². The molecule has 0 atom stereocenters. The standard InChI is InChI=1S/4C4H9.CH2O2.O.2Sn/c4*1-3-4-2;2-1-3;;;/h4*1,3-4H2,2H3;1H,(H,2,3);;;/q;;;;;;;+1/p-1. The van der Waals surface area contributed by atoms with E-state index in [1.54, 1.807) is 0 Å². The molecule has 3 nitrogen and oxygen atoms in total. The Kier molecular flexibility index (Phi) is 16.3. The molecule has 0 aliphatic carbocycles. The number of unbranched alkanes of at least 4 members (excludes halogenated alkanes) is 4. The zero-order valence-electron chi connectivity index (χ0n) is 15.3. The fraction of sp³-hybridized carbons (Fsp3) is 0.941. The first-order valence-corrected chi connectivity index (χ1v) is 20.9. The monoisotopic (exact) mass is 529 g/mol. The SMILES string of the molecule is CCC[CH2][Sn]([CH2]CCC)[O][Sn]([CH2]CCC)([CH2]CCC)[O]C=O. The van der Waals surface area contributed by atoms with Crippen LogP contribution in [0.4, 0.5) is 0 Å². The fourth-order valence-corrected chi connectivity index (χ4v) is 36.2. The maximum atomic E-state index is 11.1. The van der Waals surface area contributed by atoms with Crippen LogP contribution in [0.1, 0.15) is 79.1 Å². The van der Waals surface area contributed by atoms with E-state index in [1.807, 2.05) is 0 Å². The number of rotatable bonds is 16. The normalized spacial score (nSPS) is 11.9. The van der Waals surface area contributed by atoms with E-state index in [9.17, 15) is 4.79 Å². The second-order valence-electron chi connectivity index (χ2n) is 6.18. The van der Waals surface area contributed by atoms with Crippen LogP contribution in [-0.2, 0) is 9.28 Å². The minimum absolute atomic E-state index is 0.710. The summed E-state index contributed by atoms with van der Waals surface area (Å²) in [5, 5.41) is 0. The van der Waals surface area contributed by atoms with E-state index < -0.39 is 39.4 Å². The Labute approximate surface area is 151 Å². The third-order valence-electron chi connectivity index (χ3n) is 4.03. The molecule has 0 fully saturated rings. The van der Waals surface area contributed by atoms with Gasteiger partial charge in [0.1, 0.15) is 0 Å². The second kappa shape index (κ2) is 15.5. The Morgan fingerprint density at radius 1 is 0.818 bits per heavy atom. The molecule has 0 spiro atoms. The van der Waals surface area contributed by atoms with Crippen molar-refractivity contribution in [1.82, 2.24) is 0 Å². The molecular weight excluding hydrogens is 490 g/mol. The van der Waals surface area contributed by atoms with Gasteiger partial charge in [-0.2, -0.15) is 0 Å². The first kappa shape index (κ1) is 23.0. The van der Waals surface area contributed by atoms with Gasteiger partial charge in [-0.25, -0.2) is 0 Å². The summed E-state index contributed by atoms with van der Waals surface area (Å²) in [6, 6.07) is 0. The maximum absolute atomic E-state index is 11.1. The molecule has 5 heteroatoms. The van der Waals surface area contributed by atoms with Crippen molar-refractivity contribution >= 4 is 45.9 Å². The molecule has 0 aromatic rings. The molecule has 0 saturated heterocycles. The molecule has 0 bridgehead atoms. The molecule has 131 valence electrons. The predicted molar refractivity (Wildman–Crippen MR) is 98.6 cm³/mol. The zero-order valence-corrected chi connectivity index (χ0v) is 21.0. The summed E-state index contributed by atoms with van der Waals surface area (Å²) in [7, 11) is 0. The van der Waals surface area contributed by atoms with Gasteiger partial charge < -0.3 is 0 Å². The summed E-state index contributed by atoms with van der Waals surface area (Å²) in [6.45, 7) is 9.65. The molecule has 0 amide bonds. The van der Waals surface area contributed by atoms with Crippen molar-refractivity contribution in [2.24, 2.45) is 0 Å². The summed E-state index contributed by atoms with van der Waals surface area (Å²) in [4.78, 5) is 11.1. The molecule has 0 aromatic carbocycles. The van der Waals surface area contributed by atoms with Gasteiger partial charge in [0, 0.05) is 0 Å². The van der Waals surface area contributed by atoms with Crippen molar-refractivity contribution < 1.29 is 9.28 Å². The third-order valence-corrected chi connectivity index (χ3v) is 31.6. The molecule has 0 N–H and O–H groups in total. The quantitative estimate of drug-likeness (QED) is 0.188. The van der Waals surface area contributed by atoms with E-state index >= 15 is 0 Å². The molecular formula is C17H37O3Sn2. The summed E-state index contributed by atoms with van der Waals surface area (Å²) < 4.78 is 17.4. The Balaban J connectivity index is 4.90. The van der Waals surface area contributed by atoms with Gasteiger partial charge in [0.25, 0.3) is 0 Å². The van der Waals surface area contributed by atoms with Crippen molar-refractivity contribution in [3.05, 3.63) is 0 Å². The Bertz CT molecular complexity index is 246. The Morgan fingerprint density at radius 3 is 1.64 bits per heavy atom. The molecule has 0 aliphatic heterocycles. The molecule has 0 saturated carbocycles. The van der Waals surface area contributed by atoms with Gasteiger partial charge in [-0.1, -0.05) is 0 Å². The average Bonchev–Trinajstić information content (AvgIpc) is 2.53. The number of carbonyl (C=O) groups is 1.